The number of aliphatic carboxylic acids is 1. The first kappa shape index (κ1) is 17.5. The van der Waals surface area contributed by atoms with Gasteiger partial charge < -0.3 is 14.6 Å². The number of methoxy groups -OCH3 is 2. The van der Waals surface area contributed by atoms with Crippen molar-refractivity contribution < 1.29 is 23.8 Å². The first-order valence-corrected chi connectivity index (χ1v) is 7.61. The summed E-state index contributed by atoms with van der Waals surface area (Å²) < 4.78 is 24.3. The maximum atomic E-state index is 14.0. The normalized spacial score (nSPS) is 20.5. The van der Waals surface area contributed by atoms with E-state index >= 15 is 0 Å². The van der Waals surface area contributed by atoms with Crippen LogP contribution in [0.1, 0.15) is 25.8 Å². The Hall–Kier alpha value is -1.82. The zero-order valence-electron chi connectivity index (χ0n) is 14.1. The van der Waals surface area contributed by atoms with Crippen molar-refractivity contribution in [3.8, 4) is 11.5 Å². The largest absolute Gasteiger partial charge is 0.496 e. The number of halogens is 1. The van der Waals surface area contributed by atoms with Gasteiger partial charge in [0.1, 0.15) is 5.75 Å². The summed E-state index contributed by atoms with van der Waals surface area (Å²) in [6.07, 6.45) is 0.150. The molecular weight excluding hydrogens is 301 g/mol. The van der Waals surface area contributed by atoms with E-state index in [4.69, 9.17) is 14.6 Å². The number of carboxylic acid groups (broad SMARTS) is 1. The van der Waals surface area contributed by atoms with E-state index in [9.17, 15) is 9.18 Å². The lowest BCUT2D eigenvalue weighted by atomic mass is 9.80. The van der Waals surface area contributed by atoms with Crippen molar-refractivity contribution in [3.05, 3.63) is 23.5 Å². The molecule has 0 saturated carbocycles. The molecule has 2 rings (SSSR count). The number of rotatable bonds is 6. The van der Waals surface area contributed by atoms with Crippen molar-refractivity contribution in [3.63, 3.8) is 0 Å². The Balaban J connectivity index is 2.17. The van der Waals surface area contributed by atoms with Crippen molar-refractivity contribution >= 4 is 5.97 Å². The smallest absolute Gasteiger partial charge is 0.303 e. The highest BCUT2D eigenvalue weighted by Gasteiger charge is 2.40. The Morgan fingerprint density at radius 1 is 1.35 bits per heavy atom. The summed E-state index contributed by atoms with van der Waals surface area (Å²) >= 11 is 0. The molecule has 1 aliphatic heterocycles. The van der Waals surface area contributed by atoms with Gasteiger partial charge in [-0.05, 0) is 17.4 Å². The summed E-state index contributed by atoms with van der Waals surface area (Å²) in [7, 11) is 2.95. The number of benzene rings is 1. The minimum absolute atomic E-state index is 0.0779. The third kappa shape index (κ3) is 3.93. The summed E-state index contributed by atoms with van der Waals surface area (Å²) in [6, 6.07) is 2.97. The van der Waals surface area contributed by atoms with Crippen molar-refractivity contribution in [2.24, 2.45) is 11.3 Å². The Morgan fingerprint density at radius 2 is 2.00 bits per heavy atom. The summed E-state index contributed by atoms with van der Waals surface area (Å²) in [5, 5.41) is 9.06. The topological polar surface area (TPSA) is 59.0 Å². The second-order valence-corrected chi connectivity index (χ2v) is 6.75. The molecule has 1 aliphatic rings. The highest BCUT2D eigenvalue weighted by molar-refractivity contribution is 5.67. The minimum Gasteiger partial charge on any atom is -0.496 e. The minimum atomic E-state index is -0.780. The van der Waals surface area contributed by atoms with Crippen LogP contribution in [0.5, 0.6) is 11.5 Å². The molecule has 6 heteroatoms. The number of likely N-dealkylation sites (tertiary alicyclic amines) is 1. The first-order valence-electron chi connectivity index (χ1n) is 7.61. The van der Waals surface area contributed by atoms with E-state index in [1.807, 2.05) is 0 Å². The number of ether oxygens (including phenoxy) is 2. The molecule has 0 radical (unpaired) electrons. The Labute approximate surface area is 136 Å². The molecule has 0 bridgehead atoms. The monoisotopic (exact) mass is 325 g/mol. The van der Waals surface area contributed by atoms with E-state index in [1.165, 1.54) is 20.3 Å². The van der Waals surface area contributed by atoms with Gasteiger partial charge >= 0.3 is 5.97 Å². The highest BCUT2D eigenvalue weighted by atomic mass is 19.1. The molecule has 23 heavy (non-hydrogen) atoms. The predicted octanol–water partition coefficient (Wildman–Crippen LogP) is 2.78. The molecule has 0 aromatic heterocycles. The summed E-state index contributed by atoms with van der Waals surface area (Å²) in [5.41, 5.74) is 0.647. The quantitative estimate of drug-likeness (QED) is 0.871. The Kier molecular flexibility index (Phi) is 5.14. The molecule has 1 N–H and O–H groups in total. The van der Waals surface area contributed by atoms with E-state index in [0.29, 0.717) is 18.8 Å². The maximum Gasteiger partial charge on any atom is 0.303 e. The lowest BCUT2D eigenvalue weighted by molar-refractivity contribution is -0.138. The van der Waals surface area contributed by atoms with Crippen molar-refractivity contribution in [1.82, 2.24) is 4.90 Å². The highest BCUT2D eigenvalue weighted by Crippen LogP contribution is 2.39. The van der Waals surface area contributed by atoms with Crippen molar-refractivity contribution in [1.29, 1.82) is 0 Å². The average molecular weight is 325 g/mol. The van der Waals surface area contributed by atoms with Gasteiger partial charge in [-0.15, -0.1) is 0 Å². The zero-order chi connectivity index (χ0) is 17.2. The lowest BCUT2D eigenvalue weighted by Crippen LogP contribution is -2.25. The van der Waals surface area contributed by atoms with Crippen LogP contribution in [0.25, 0.3) is 0 Å². The predicted molar refractivity (Wildman–Crippen MR) is 84.3 cm³/mol. The molecule has 0 aliphatic carbocycles. The van der Waals surface area contributed by atoms with Crippen molar-refractivity contribution in [2.45, 2.75) is 26.8 Å². The van der Waals surface area contributed by atoms with Crippen LogP contribution in [-0.4, -0.2) is 43.3 Å². The van der Waals surface area contributed by atoms with Crippen LogP contribution in [0, 0.1) is 17.2 Å². The average Bonchev–Trinajstić information content (AvgIpc) is 2.72. The van der Waals surface area contributed by atoms with Gasteiger partial charge in [0.05, 0.1) is 14.2 Å². The van der Waals surface area contributed by atoms with Crippen LogP contribution in [-0.2, 0) is 11.3 Å². The van der Waals surface area contributed by atoms with Crippen LogP contribution >= 0.6 is 0 Å². The number of carboxylic acids is 1. The van der Waals surface area contributed by atoms with E-state index in [0.717, 1.165) is 12.1 Å². The van der Waals surface area contributed by atoms with Gasteiger partial charge in [-0.1, -0.05) is 13.8 Å². The van der Waals surface area contributed by atoms with E-state index in [1.54, 1.807) is 6.07 Å². The third-order valence-electron chi connectivity index (χ3n) is 4.58. The Bertz CT molecular complexity index is 588. The zero-order valence-corrected chi connectivity index (χ0v) is 14.1. The molecule has 0 spiro atoms. The molecule has 1 heterocycles. The van der Waals surface area contributed by atoms with Gasteiger partial charge in [-0.3, -0.25) is 9.69 Å². The van der Waals surface area contributed by atoms with Gasteiger partial charge in [0.15, 0.2) is 11.6 Å². The van der Waals surface area contributed by atoms with Gasteiger partial charge in [0.25, 0.3) is 0 Å². The second kappa shape index (κ2) is 6.74. The van der Waals surface area contributed by atoms with Gasteiger partial charge in [0.2, 0.25) is 0 Å². The maximum absolute atomic E-state index is 14.0. The summed E-state index contributed by atoms with van der Waals surface area (Å²) in [5.74, 6) is -0.408. The molecule has 1 aromatic rings. The summed E-state index contributed by atoms with van der Waals surface area (Å²) in [6.45, 7) is 6.11. The number of nitrogens with zero attached hydrogens (tertiary/aromatic N) is 1. The fraction of sp³-hybridized carbons (Fsp3) is 0.588. The molecule has 1 saturated heterocycles. The van der Waals surface area contributed by atoms with Crippen LogP contribution in [0.3, 0.4) is 0 Å². The van der Waals surface area contributed by atoms with Gasteiger partial charge in [0, 0.05) is 37.7 Å². The van der Waals surface area contributed by atoms with Crippen LogP contribution in [0.4, 0.5) is 4.39 Å². The molecular formula is C17H24FNO4. The van der Waals surface area contributed by atoms with E-state index in [-0.39, 0.29) is 23.5 Å². The standard InChI is InChI=1S/C17H24FNO4/c1-17(2)10-19(9-12(17)6-16(20)21)8-11-5-13(18)15(23-4)7-14(11)22-3/h5,7,12H,6,8-10H2,1-4H3,(H,20,21). The van der Waals surface area contributed by atoms with Crippen LogP contribution < -0.4 is 9.47 Å². The van der Waals surface area contributed by atoms with E-state index < -0.39 is 11.8 Å². The van der Waals surface area contributed by atoms with E-state index in [2.05, 4.69) is 18.7 Å². The molecule has 0 amide bonds. The third-order valence-corrected chi connectivity index (χ3v) is 4.58. The molecule has 128 valence electrons. The Morgan fingerprint density at radius 3 is 2.57 bits per heavy atom. The van der Waals surface area contributed by atoms with Crippen LogP contribution in [0.2, 0.25) is 0 Å². The van der Waals surface area contributed by atoms with Gasteiger partial charge in [-0.2, -0.15) is 0 Å². The number of hydrogen-bond acceptors (Lipinski definition) is 4. The van der Waals surface area contributed by atoms with Crippen LogP contribution in [0.15, 0.2) is 12.1 Å². The number of hydrogen-bond donors (Lipinski definition) is 1. The van der Waals surface area contributed by atoms with Crippen molar-refractivity contribution in [2.75, 3.05) is 27.3 Å². The first-order chi connectivity index (χ1) is 10.8. The fourth-order valence-corrected chi connectivity index (χ4v) is 3.29. The molecule has 1 fully saturated rings. The second-order valence-electron chi connectivity index (χ2n) is 6.75. The molecule has 1 aromatic carbocycles. The molecule has 1 atom stereocenters. The number of carbonyl (C=O) groups is 1. The SMILES string of the molecule is COc1cc(OC)c(CN2CC(CC(=O)O)C(C)(C)C2)cc1F. The lowest BCUT2D eigenvalue weighted by Gasteiger charge is -2.24. The molecule has 5 nitrogen and oxygen atoms in total. The van der Waals surface area contributed by atoms with Gasteiger partial charge in [-0.25, -0.2) is 4.39 Å². The summed E-state index contributed by atoms with van der Waals surface area (Å²) in [4.78, 5) is 13.2. The fourth-order valence-electron chi connectivity index (χ4n) is 3.29. The molecule has 1 unspecified atom stereocenters.